The van der Waals surface area contributed by atoms with E-state index in [4.69, 9.17) is 4.74 Å². The number of fused-ring (bicyclic) bond motifs is 1. The zero-order valence-corrected chi connectivity index (χ0v) is 9.99. The summed E-state index contributed by atoms with van der Waals surface area (Å²) in [4.78, 5) is 15.6. The fraction of sp³-hybridized carbons (Fsp3) is 0.0833. The molecule has 19 heavy (non-hydrogen) atoms. The molecule has 7 heteroatoms. The predicted molar refractivity (Wildman–Crippen MR) is 66.5 cm³/mol. The number of phenolic OH excluding ortho intramolecular Hbond substituents is 1. The van der Waals surface area contributed by atoms with Gasteiger partial charge in [-0.2, -0.15) is 10.1 Å². The standard InChI is InChI=1S/C12H10N4O3/c1-7-13-11(6-10-14-15-12(18)16(7)10)19-9-4-2-3-8(17)5-9/h2-6,17H,1H3,(H,15,18). The number of nitrogens with one attached hydrogen (secondary N) is 1. The highest BCUT2D eigenvalue weighted by molar-refractivity contribution is 5.43. The molecule has 0 aliphatic rings. The summed E-state index contributed by atoms with van der Waals surface area (Å²) in [7, 11) is 0. The molecule has 3 rings (SSSR count). The maximum Gasteiger partial charge on any atom is 0.349 e. The summed E-state index contributed by atoms with van der Waals surface area (Å²) in [5.74, 6) is 1.32. The average Bonchev–Trinajstić information content (AvgIpc) is 2.71. The van der Waals surface area contributed by atoms with Crippen molar-refractivity contribution in [3.63, 3.8) is 0 Å². The average molecular weight is 258 g/mol. The number of H-pyrrole nitrogens is 1. The van der Waals surface area contributed by atoms with Gasteiger partial charge in [0.2, 0.25) is 5.88 Å². The van der Waals surface area contributed by atoms with E-state index in [1.165, 1.54) is 16.5 Å². The molecule has 0 atom stereocenters. The number of rotatable bonds is 2. The van der Waals surface area contributed by atoms with E-state index in [2.05, 4.69) is 15.2 Å². The molecule has 0 bridgehead atoms. The first-order chi connectivity index (χ1) is 9.13. The van der Waals surface area contributed by atoms with Crippen LogP contribution in [-0.2, 0) is 0 Å². The van der Waals surface area contributed by atoms with E-state index in [0.29, 0.717) is 23.1 Å². The minimum absolute atomic E-state index is 0.103. The molecule has 0 aliphatic heterocycles. The van der Waals surface area contributed by atoms with Crippen molar-refractivity contribution in [2.45, 2.75) is 6.92 Å². The Labute approximate surface area is 107 Å². The number of hydrogen-bond acceptors (Lipinski definition) is 5. The third kappa shape index (κ3) is 2.01. The van der Waals surface area contributed by atoms with Crippen LogP contribution >= 0.6 is 0 Å². The largest absolute Gasteiger partial charge is 0.508 e. The van der Waals surface area contributed by atoms with Crippen molar-refractivity contribution in [3.05, 3.63) is 46.6 Å². The van der Waals surface area contributed by atoms with Gasteiger partial charge in [0, 0.05) is 12.1 Å². The SMILES string of the molecule is Cc1nc(Oc2cccc(O)c2)cc2n[nH]c(=O)n12. The molecule has 7 nitrogen and oxygen atoms in total. The monoisotopic (exact) mass is 258 g/mol. The summed E-state index contributed by atoms with van der Waals surface area (Å²) in [5.41, 5.74) is 0.0801. The number of aromatic amines is 1. The molecular weight excluding hydrogens is 248 g/mol. The first kappa shape index (κ1) is 11.3. The smallest absolute Gasteiger partial charge is 0.349 e. The molecule has 0 radical (unpaired) electrons. The lowest BCUT2D eigenvalue weighted by molar-refractivity contribution is 0.444. The summed E-state index contributed by atoms with van der Waals surface area (Å²) in [6.45, 7) is 1.68. The molecule has 0 saturated carbocycles. The van der Waals surface area contributed by atoms with Gasteiger partial charge in [-0.1, -0.05) is 6.07 Å². The Hall–Kier alpha value is -2.83. The van der Waals surface area contributed by atoms with Gasteiger partial charge in [-0.3, -0.25) is 0 Å². The second kappa shape index (κ2) is 4.13. The minimum atomic E-state index is -0.344. The highest BCUT2D eigenvalue weighted by Crippen LogP contribution is 2.23. The van der Waals surface area contributed by atoms with E-state index in [9.17, 15) is 9.90 Å². The Balaban J connectivity index is 2.04. The lowest BCUT2D eigenvalue weighted by Crippen LogP contribution is -2.13. The lowest BCUT2D eigenvalue weighted by atomic mass is 10.3. The van der Waals surface area contributed by atoms with E-state index in [-0.39, 0.29) is 11.4 Å². The van der Waals surface area contributed by atoms with Crippen molar-refractivity contribution in [2.75, 3.05) is 0 Å². The van der Waals surface area contributed by atoms with E-state index in [1.54, 1.807) is 25.1 Å². The number of aryl methyl sites for hydroxylation is 1. The Kier molecular flexibility index (Phi) is 2.45. The Bertz CT molecular complexity index is 806. The van der Waals surface area contributed by atoms with Crippen LogP contribution in [0.15, 0.2) is 35.1 Å². The lowest BCUT2D eigenvalue weighted by Gasteiger charge is -2.06. The van der Waals surface area contributed by atoms with Gasteiger partial charge in [0.15, 0.2) is 5.65 Å². The summed E-state index contributed by atoms with van der Waals surface area (Å²) < 4.78 is 6.86. The van der Waals surface area contributed by atoms with Crippen LogP contribution in [0.25, 0.3) is 5.65 Å². The molecule has 0 amide bonds. The van der Waals surface area contributed by atoms with Crippen molar-refractivity contribution >= 4 is 5.65 Å². The van der Waals surface area contributed by atoms with Crippen LogP contribution in [0.3, 0.4) is 0 Å². The number of ether oxygens (including phenoxy) is 1. The van der Waals surface area contributed by atoms with Crippen molar-refractivity contribution in [3.8, 4) is 17.4 Å². The van der Waals surface area contributed by atoms with Gasteiger partial charge in [0.1, 0.15) is 17.3 Å². The van der Waals surface area contributed by atoms with Gasteiger partial charge < -0.3 is 9.84 Å². The highest BCUT2D eigenvalue weighted by atomic mass is 16.5. The van der Waals surface area contributed by atoms with Gasteiger partial charge in [-0.25, -0.2) is 14.3 Å². The van der Waals surface area contributed by atoms with Crippen LogP contribution in [-0.4, -0.2) is 24.7 Å². The van der Waals surface area contributed by atoms with Crippen molar-refractivity contribution in [1.29, 1.82) is 0 Å². The first-order valence-electron chi connectivity index (χ1n) is 5.55. The molecule has 0 fully saturated rings. The van der Waals surface area contributed by atoms with E-state index < -0.39 is 0 Å². The molecule has 0 spiro atoms. The van der Waals surface area contributed by atoms with Gasteiger partial charge in [0.25, 0.3) is 0 Å². The third-order valence-electron chi connectivity index (χ3n) is 2.59. The number of aromatic hydroxyl groups is 1. The highest BCUT2D eigenvalue weighted by Gasteiger charge is 2.08. The van der Waals surface area contributed by atoms with Crippen LogP contribution in [0.5, 0.6) is 17.4 Å². The van der Waals surface area contributed by atoms with E-state index >= 15 is 0 Å². The fourth-order valence-corrected chi connectivity index (χ4v) is 1.79. The van der Waals surface area contributed by atoms with Crippen molar-refractivity contribution in [2.24, 2.45) is 0 Å². The maximum atomic E-state index is 11.4. The molecule has 0 unspecified atom stereocenters. The fourth-order valence-electron chi connectivity index (χ4n) is 1.79. The second-order valence-corrected chi connectivity index (χ2v) is 3.96. The maximum absolute atomic E-state index is 11.4. The molecular formula is C12H10N4O3. The zero-order valence-electron chi connectivity index (χ0n) is 9.99. The predicted octanol–water partition coefficient (Wildman–Crippen LogP) is 1.22. The molecule has 0 aliphatic carbocycles. The van der Waals surface area contributed by atoms with Gasteiger partial charge in [-0.05, 0) is 19.1 Å². The molecule has 2 N–H and O–H groups in total. The molecule has 2 heterocycles. The van der Waals surface area contributed by atoms with Gasteiger partial charge >= 0.3 is 5.69 Å². The van der Waals surface area contributed by atoms with Crippen LogP contribution in [0.4, 0.5) is 0 Å². The summed E-state index contributed by atoms with van der Waals surface area (Å²) >= 11 is 0. The van der Waals surface area contributed by atoms with E-state index in [0.717, 1.165) is 0 Å². The summed E-state index contributed by atoms with van der Waals surface area (Å²) in [6.07, 6.45) is 0. The molecule has 0 saturated heterocycles. The van der Waals surface area contributed by atoms with Crippen LogP contribution < -0.4 is 10.4 Å². The number of hydrogen-bond donors (Lipinski definition) is 2. The Morgan fingerprint density at radius 3 is 3.00 bits per heavy atom. The van der Waals surface area contributed by atoms with Crippen LogP contribution in [0, 0.1) is 6.92 Å². The molecule has 3 aromatic rings. The number of benzene rings is 1. The Morgan fingerprint density at radius 1 is 1.37 bits per heavy atom. The van der Waals surface area contributed by atoms with Crippen molar-refractivity contribution < 1.29 is 9.84 Å². The number of nitrogens with zero attached hydrogens (tertiary/aromatic N) is 3. The quantitative estimate of drug-likeness (QED) is 0.721. The first-order valence-corrected chi connectivity index (χ1v) is 5.55. The number of phenols is 1. The van der Waals surface area contributed by atoms with Crippen LogP contribution in [0.2, 0.25) is 0 Å². The zero-order chi connectivity index (χ0) is 13.4. The van der Waals surface area contributed by atoms with E-state index in [1.807, 2.05) is 0 Å². The summed E-state index contributed by atoms with van der Waals surface area (Å²) in [6, 6.07) is 7.90. The molecule has 1 aromatic carbocycles. The summed E-state index contributed by atoms with van der Waals surface area (Å²) in [5, 5.41) is 15.6. The van der Waals surface area contributed by atoms with Gasteiger partial charge in [-0.15, -0.1) is 0 Å². The molecule has 2 aromatic heterocycles. The van der Waals surface area contributed by atoms with Crippen LogP contribution in [0.1, 0.15) is 5.82 Å². The Morgan fingerprint density at radius 2 is 2.21 bits per heavy atom. The normalized spacial score (nSPS) is 10.8. The second-order valence-electron chi connectivity index (χ2n) is 3.96. The molecule has 96 valence electrons. The third-order valence-corrected chi connectivity index (χ3v) is 2.59. The van der Waals surface area contributed by atoms with Gasteiger partial charge in [0.05, 0.1) is 0 Å². The minimum Gasteiger partial charge on any atom is -0.508 e. The number of aromatic nitrogens is 4. The van der Waals surface area contributed by atoms with Crippen molar-refractivity contribution in [1.82, 2.24) is 19.6 Å². The topological polar surface area (TPSA) is 92.5 Å².